The molecule has 0 aliphatic rings. The molecule has 5 heteroatoms. The van der Waals surface area contributed by atoms with E-state index in [4.69, 9.17) is 0 Å². The smallest absolute Gasteiger partial charge is 0.322 e. The van der Waals surface area contributed by atoms with Gasteiger partial charge in [0.2, 0.25) is 0 Å². The van der Waals surface area contributed by atoms with Gasteiger partial charge >= 0.3 is 6.03 Å². The highest BCUT2D eigenvalue weighted by Gasteiger charge is 2.17. The maximum atomic E-state index is 13.8. The van der Waals surface area contributed by atoms with Gasteiger partial charge in [-0.1, -0.05) is 30.3 Å². The normalized spacial score (nSPS) is 10.1. The lowest BCUT2D eigenvalue weighted by Crippen LogP contribution is -2.38. The van der Waals surface area contributed by atoms with Gasteiger partial charge < -0.3 is 5.32 Å². The molecule has 1 N–H and O–H groups in total. The molecule has 2 aromatic rings. The fourth-order valence-electron chi connectivity index (χ4n) is 1.70. The Kier molecular flexibility index (Phi) is 5.01. The Balaban J connectivity index is 2.17. The lowest BCUT2D eigenvalue weighted by Gasteiger charge is -2.22. The van der Waals surface area contributed by atoms with E-state index in [1.807, 2.05) is 30.3 Å². The third-order valence-corrected chi connectivity index (χ3v) is 3.70. The molecule has 0 radical (unpaired) electrons. The monoisotopic (exact) mass is 290 g/mol. The second-order valence-electron chi connectivity index (χ2n) is 4.02. The Labute approximate surface area is 121 Å². The fraction of sp³-hybridized carbons (Fsp3) is 0.133. The quantitative estimate of drug-likeness (QED) is 0.687. The van der Waals surface area contributed by atoms with Crippen molar-refractivity contribution in [2.45, 2.75) is 4.90 Å². The van der Waals surface area contributed by atoms with Crippen LogP contribution in [0.1, 0.15) is 0 Å². The maximum absolute atomic E-state index is 13.8. The van der Waals surface area contributed by atoms with Gasteiger partial charge in [-0.15, -0.1) is 11.8 Å². The summed E-state index contributed by atoms with van der Waals surface area (Å²) in [5.74, 6) is -0.0743. The predicted octanol–water partition coefficient (Wildman–Crippen LogP) is 3.72. The first-order valence-corrected chi connectivity index (χ1v) is 7.12. The van der Waals surface area contributed by atoms with Crippen molar-refractivity contribution in [3.63, 3.8) is 0 Å². The first-order chi connectivity index (χ1) is 9.72. The van der Waals surface area contributed by atoms with Crippen LogP contribution in [0.4, 0.5) is 14.9 Å². The lowest BCUT2D eigenvalue weighted by molar-refractivity contribution is 0.249. The van der Waals surface area contributed by atoms with Crippen LogP contribution in [0.25, 0.3) is 0 Å². The largest absolute Gasteiger partial charge is 0.341 e. The molecule has 0 atom stereocenters. The highest BCUT2D eigenvalue weighted by atomic mass is 32.2. The SMILES string of the molecule is CNC(=O)N(CSc1ccccc1)c1ccccc1F. The summed E-state index contributed by atoms with van der Waals surface area (Å²) < 4.78 is 13.8. The highest BCUT2D eigenvalue weighted by Crippen LogP contribution is 2.24. The molecule has 0 heterocycles. The van der Waals surface area contributed by atoms with Crippen LogP contribution in [0.5, 0.6) is 0 Å². The minimum absolute atomic E-state index is 0.273. The van der Waals surface area contributed by atoms with Crippen molar-refractivity contribution in [2.75, 3.05) is 17.8 Å². The van der Waals surface area contributed by atoms with Crippen LogP contribution < -0.4 is 10.2 Å². The van der Waals surface area contributed by atoms with E-state index in [9.17, 15) is 9.18 Å². The number of benzene rings is 2. The van der Waals surface area contributed by atoms with Crippen LogP contribution in [0.15, 0.2) is 59.5 Å². The van der Waals surface area contributed by atoms with Gasteiger partial charge in [-0.3, -0.25) is 4.90 Å². The molecule has 0 aliphatic carbocycles. The molecule has 0 aliphatic heterocycles. The Morgan fingerprint density at radius 1 is 1.15 bits per heavy atom. The van der Waals surface area contributed by atoms with Crippen LogP contribution in [0.3, 0.4) is 0 Å². The number of amides is 2. The number of carbonyl (C=O) groups is 1. The zero-order chi connectivity index (χ0) is 14.4. The van der Waals surface area contributed by atoms with Crippen LogP contribution in [0, 0.1) is 5.82 Å². The van der Waals surface area contributed by atoms with Crippen molar-refractivity contribution < 1.29 is 9.18 Å². The number of thioether (sulfide) groups is 1. The number of carbonyl (C=O) groups excluding carboxylic acids is 1. The summed E-state index contributed by atoms with van der Waals surface area (Å²) in [4.78, 5) is 14.3. The van der Waals surface area contributed by atoms with E-state index < -0.39 is 5.82 Å². The number of nitrogens with one attached hydrogen (secondary N) is 1. The molecule has 104 valence electrons. The van der Waals surface area contributed by atoms with E-state index in [1.165, 1.54) is 29.8 Å². The standard InChI is InChI=1S/C15H15FN2OS/c1-17-15(19)18(14-10-6-5-9-13(14)16)11-20-12-7-3-2-4-8-12/h2-10H,11H2,1H3,(H,17,19). The van der Waals surface area contributed by atoms with Gasteiger partial charge in [0.1, 0.15) is 5.82 Å². The number of hydrogen-bond donors (Lipinski definition) is 1. The minimum Gasteiger partial charge on any atom is -0.341 e. The average molecular weight is 290 g/mol. The van der Waals surface area contributed by atoms with E-state index in [-0.39, 0.29) is 11.7 Å². The summed E-state index contributed by atoms with van der Waals surface area (Å²) in [7, 11) is 1.53. The predicted molar refractivity (Wildman–Crippen MR) is 80.5 cm³/mol. The maximum Gasteiger partial charge on any atom is 0.322 e. The Morgan fingerprint density at radius 2 is 1.80 bits per heavy atom. The van der Waals surface area contributed by atoms with Crippen molar-refractivity contribution in [1.29, 1.82) is 0 Å². The zero-order valence-corrected chi connectivity index (χ0v) is 11.9. The second kappa shape index (κ2) is 6.96. The first-order valence-electron chi connectivity index (χ1n) is 6.14. The van der Waals surface area contributed by atoms with Gasteiger partial charge in [0.05, 0.1) is 11.6 Å². The van der Waals surface area contributed by atoms with Crippen LogP contribution >= 0.6 is 11.8 Å². The molecule has 2 aromatic carbocycles. The topological polar surface area (TPSA) is 32.3 Å². The van der Waals surface area contributed by atoms with Gasteiger partial charge in [-0.25, -0.2) is 9.18 Å². The van der Waals surface area contributed by atoms with E-state index in [0.717, 1.165) is 4.90 Å². The number of anilines is 1. The molecule has 0 saturated heterocycles. The van der Waals surface area contributed by atoms with Gasteiger partial charge in [0.25, 0.3) is 0 Å². The summed E-state index contributed by atoms with van der Waals surface area (Å²) >= 11 is 1.47. The molecule has 2 rings (SSSR count). The van der Waals surface area contributed by atoms with Crippen LogP contribution in [-0.2, 0) is 0 Å². The number of rotatable bonds is 4. The lowest BCUT2D eigenvalue weighted by atomic mass is 10.3. The minimum atomic E-state index is -0.412. The Morgan fingerprint density at radius 3 is 2.45 bits per heavy atom. The Bertz CT molecular complexity index is 577. The molecule has 0 saturated carbocycles. The summed E-state index contributed by atoms with van der Waals surface area (Å²) in [6.07, 6.45) is 0. The summed E-state index contributed by atoms with van der Waals surface area (Å²) in [6, 6.07) is 15.6. The van der Waals surface area contributed by atoms with Crippen LogP contribution in [0.2, 0.25) is 0 Å². The van der Waals surface area contributed by atoms with Crippen molar-refractivity contribution in [1.82, 2.24) is 5.32 Å². The third kappa shape index (κ3) is 3.51. The molecule has 20 heavy (non-hydrogen) atoms. The van der Waals surface area contributed by atoms with Crippen molar-refractivity contribution in [3.8, 4) is 0 Å². The average Bonchev–Trinajstić information content (AvgIpc) is 2.50. The number of para-hydroxylation sites is 1. The van der Waals surface area contributed by atoms with E-state index >= 15 is 0 Å². The summed E-state index contributed by atoms with van der Waals surface area (Å²) in [5.41, 5.74) is 0.273. The summed E-state index contributed by atoms with van der Waals surface area (Å²) in [6.45, 7) is 0. The summed E-state index contributed by atoms with van der Waals surface area (Å²) in [5, 5.41) is 2.53. The van der Waals surface area contributed by atoms with Crippen molar-refractivity contribution in [2.24, 2.45) is 0 Å². The van der Waals surface area contributed by atoms with Gasteiger partial charge in [0, 0.05) is 11.9 Å². The second-order valence-corrected chi connectivity index (χ2v) is 5.04. The molecular formula is C15H15FN2OS. The molecule has 3 nitrogen and oxygen atoms in total. The number of halogens is 1. The van der Waals surface area contributed by atoms with Crippen LogP contribution in [-0.4, -0.2) is 19.0 Å². The van der Waals surface area contributed by atoms with Gasteiger partial charge in [-0.05, 0) is 24.3 Å². The number of hydrogen-bond acceptors (Lipinski definition) is 2. The molecular weight excluding hydrogens is 275 g/mol. The molecule has 0 aromatic heterocycles. The Hall–Kier alpha value is -2.01. The van der Waals surface area contributed by atoms with Crippen molar-refractivity contribution >= 4 is 23.5 Å². The van der Waals surface area contributed by atoms with Gasteiger partial charge in [0.15, 0.2) is 0 Å². The molecule has 0 bridgehead atoms. The third-order valence-electron chi connectivity index (χ3n) is 2.71. The van der Waals surface area contributed by atoms with Gasteiger partial charge in [-0.2, -0.15) is 0 Å². The fourth-order valence-corrected chi connectivity index (χ4v) is 2.58. The van der Waals surface area contributed by atoms with E-state index in [2.05, 4.69) is 5.32 Å². The number of urea groups is 1. The number of nitrogens with zero attached hydrogens (tertiary/aromatic N) is 1. The first kappa shape index (κ1) is 14.4. The molecule has 0 fully saturated rings. The van der Waals surface area contributed by atoms with E-state index in [0.29, 0.717) is 5.88 Å². The van der Waals surface area contributed by atoms with E-state index in [1.54, 1.807) is 18.2 Å². The van der Waals surface area contributed by atoms with Crippen molar-refractivity contribution in [3.05, 3.63) is 60.4 Å². The molecule has 0 spiro atoms. The molecule has 2 amide bonds. The highest BCUT2D eigenvalue weighted by molar-refractivity contribution is 7.99. The molecule has 0 unspecified atom stereocenters. The zero-order valence-electron chi connectivity index (χ0n) is 11.0.